The van der Waals surface area contributed by atoms with Gasteiger partial charge < -0.3 is 4.90 Å². The predicted octanol–water partition coefficient (Wildman–Crippen LogP) is 4.30. The lowest BCUT2D eigenvalue weighted by Gasteiger charge is -2.32. The van der Waals surface area contributed by atoms with Crippen LogP contribution < -0.4 is 0 Å². The summed E-state index contributed by atoms with van der Waals surface area (Å²) in [6.45, 7) is 1.41. The normalized spacial score (nSPS) is 16.9. The van der Waals surface area contributed by atoms with E-state index < -0.39 is 0 Å². The Labute approximate surface area is 157 Å². The topological polar surface area (TPSA) is 46.1 Å². The fourth-order valence-electron chi connectivity index (χ4n) is 3.50. The minimum absolute atomic E-state index is 0.0631. The van der Waals surface area contributed by atoms with Gasteiger partial charge in [-0.05, 0) is 55.3 Å². The van der Waals surface area contributed by atoms with Crippen LogP contribution in [0.3, 0.4) is 0 Å². The first-order valence-corrected chi connectivity index (χ1v) is 9.14. The molecule has 1 aromatic heterocycles. The average Bonchev–Trinajstić information content (AvgIpc) is 2.74. The Morgan fingerprint density at radius 2 is 1.81 bits per heavy atom. The van der Waals surface area contributed by atoms with Gasteiger partial charge >= 0.3 is 0 Å². The molecule has 3 aromatic rings. The fourth-order valence-corrected chi connectivity index (χ4v) is 3.50. The first-order chi connectivity index (χ1) is 13.2. The van der Waals surface area contributed by atoms with E-state index in [0.29, 0.717) is 17.9 Å². The zero-order chi connectivity index (χ0) is 18.6. The number of benzene rings is 2. The number of piperidine rings is 1. The van der Waals surface area contributed by atoms with Crippen LogP contribution in [0.5, 0.6) is 0 Å². The molecule has 1 amide bonds. The summed E-state index contributed by atoms with van der Waals surface area (Å²) in [7, 11) is 0. The van der Waals surface area contributed by atoms with Crippen LogP contribution in [-0.4, -0.2) is 33.9 Å². The average molecular weight is 361 g/mol. The van der Waals surface area contributed by atoms with Crippen molar-refractivity contribution in [3.05, 3.63) is 83.9 Å². The third kappa shape index (κ3) is 3.87. The van der Waals surface area contributed by atoms with Crippen molar-refractivity contribution < 1.29 is 9.18 Å². The third-order valence-electron chi connectivity index (χ3n) is 4.93. The van der Waals surface area contributed by atoms with E-state index in [1.807, 2.05) is 41.3 Å². The van der Waals surface area contributed by atoms with Crippen molar-refractivity contribution in [1.82, 2.24) is 14.9 Å². The summed E-state index contributed by atoms with van der Waals surface area (Å²) in [6, 6.07) is 17.5. The molecule has 136 valence electrons. The number of halogens is 1. The predicted molar refractivity (Wildman–Crippen MR) is 102 cm³/mol. The molecule has 0 saturated carbocycles. The van der Waals surface area contributed by atoms with Crippen molar-refractivity contribution in [2.24, 2.45) is 0 Å². The van der Waals surface area contributed by atoms with Gasteiger partial charge in [0.15, 0.2) is 5.82 Å². The quantitative estimate of drug-likeness (QED) is 0.699. The van der Waals surface area contributed by atoms with Gasteiger partial charge in [-0.2, -0.15) is 0 Å². The van der Waals surface area contributed by atoms with Gasteiger partial charge in [0.25, 0.3) is 5.91 Å². The van der Waals surface area contributed by atoms with Crippen LogP contribution in [0, 0.1) is 5.82 Å². The summed E-state index contributed by atoms with van der Waals surface area (Å²) in [4.78, 5) is 23.7. The Hall–Kier alpha value is -3.08. The Morgan fingerprint density at radius 3 is 2.59 bits per heavy atom. The molecular formula is C22H20FN3O. The van der Waals surface area contributed by atoms with Crippen molar-refractivity contribution in [3.63, 3.8) is 0 Å². The maximum Gasteiger partial charge on any atom is 0.253 e. The number of hydrogen-bond acceptors (Lipinski definition) is 3. The second-order valence-corrected chi connectivity index (χ2v) is 6.77. The van der Waals surface area contributed by atoms with Gasteiger partial charge in [0.1, 0.15) is 5.82 Å². The zero-order valence-corrected chi connectivity index (χ0v) is 14.9. The molecule has 27 heavy (non-hydrogen) atoms. The summed E-state index contributed by atoms with van der Waals surface area (Å²) in [6.07, 6.45) is 3.66. The molecule has 5 heteroatoms. The maximum absolute atomic E-state index is 13.2. The Kier molecular flexibility index (Phi) is 4.92. The SMILES string of the molecule is O=C(c1ccccc1)N1CCC[C@H](c2ccnc(-c3ccc(F)cc3)n2)C1. The molecule has 2 aromatic carbocycles. The van der Waals surface area contributed by atoms with Gasteiger partial charge in [0, 0.05) is 42.0 Å². The highest BCUT2D eigenvalue weighted by molar-refractivity contribution is 5.94. The number of nitrogens with zero attached hydrogens (tertiary/aromatic N) is 3. The summed E-state index contributed by atoms with van der Waals surface area (Å²) in [5, 5.41) is 0. The molecule has 0 radical (unpaired) electrons. The van der Waals surface area contributed by atoms with Crippen molar-refractivity contribution in [1.29, 1.82) is 0 Å². The Bertz CT molecular complexity index is 928. The Morgan fingerprint density at radius 1 is 1.04 bits per heavy atom. The third-order valence-corrected chi connectivity index (χ3v) is 4.93. The highest BCUT2D eigenvalue weighted by atomic mass is 19.1. The summed E-state index contributed by atoms with van der Waals surface area (Å²) >= 11 is 0. The van der Waals surface area contributed by atoms with Crippen molar-refractivity contribution >= 4 is 5.91 Å². The van der Waals surface area contributed by atoms with E-state index in [1.165, 1.54) is 12.1 Å². The molecule has 4 nitrogen and oxygen atoms in total. The van der Waals surface area contributed by atoms with Gasteiger partial charge in [-0.15, -0.1) is 0 Å². The standard InChI is InChI=1S/C22H20FN3O/c23-19-10-8-16(9-11-19)21-24-13-12-20(25-21)18-7-4-14-26(15-18)22(27)17-5-2-1-3-6-17/h1-3,5-6,8-13,18H,4,7,14-15H2/t18-/m0/s1. The summed E-state index contributed by atoms with van der Waals surface area (Å²) in [5.41, 5.74) is 2.43. The van der Waals surface area contributed by atoms with Crippen molar-refractivity contribution in [2.45, 2.75) is 18.8 Å². The zero-order valence-electron chi connectivity index (χ0n) is 14.9. The number of likely N-dealkylation sites (tertiary alicyclic amines) is 1. The number of carbonyl (C=O) groups is 1. The number of rotatable bonds is 3. The second-order valence-electron chi connectivity index (χ2n) is 6.77. The number of aromatic nitrogens is 2. The van der Waals surface area contributed by atoms with E-state index in [1.54, 1.807) is 18.3 Å². The number of carbonyl (C=O) groups excluding carboxylic acids is 1. The van der Waals surface area contributed by atoms with E-state index in [0.717, 1.165) is 30.6 Å². The lowest BCUT2D eigenvalue weighted by Crippen LogP contribution is -2.39. The molecular weight excluding hydrogens is 341 g/mol. The van der Waals surface area contributed by atoms with E-state index in [4.69, 9.17) is 4.98 Å². The van der Waals surface area contributed by atoms with E-state index >= 15 is 0 Å². The minimum atomic E-state index is -0.280. The van der Waals surface area contributed by atoms with Crippen LogP contribution in [0.4, 0.5) is 4.39 Å². The highest BCUT2D eigenvalue weighted by Crippen LogP contribution is 2.27. The molecule has 0 bridgehead atoms. The molecule has 4 rings (SSSR count). The summed E-state index contributed by atoms with van der Waals surface area (Å²) in [5.74, 6) is 0.540. The van der Waals surface area contributed by atoms with Crippen LogP contribution in [0.15, 0.2) is 66.9 Å². The highest BCUT2D eigenvalue weighted by Gasteiger charge is 2.26. The molecule has 1 atom stereocenters. The van der Waals surface area contributed by atoms with E-state index in [2.05, 4.69) is 4.98 Å². The molecule has 1 aliphatic rings. The lowest BCUT2D eigenvalue weighted by atomic mass is 9.94. The lowest BCUT2D eigenvalue weighted by molar-refractivity contribution is 0.0706. The Balaban J connectivity index is 1.54. The molecule has 0 aliphatic carbocycles. The smallest absolute Gasteiger partial charge is 0.253 e. The van der Waals surface area contributed by atoms with Crippen LogP contribution in [0.1, 0.15) is 34.8 Å². The maximum atomic E-state index is 13.2. The van der Waals surface area contributed by atoms with Crippen molar-refractivity contribution in [3.8, 4) is 11.4 Å². The first-order valence-electron chi connectivity index (χ1n) is 9.14. The minimum Gasteiger partial charge on any atom is -0.338 e. The largest absolute Gasteiger partial charge is 0.338 e. The van der Waals surface area contributed by atoms with Crippen LogP contribution >= 0.6 is 0 Å². The van der Waals surface area contributed by atoms with Gasteiger partial charge in [-0.3, -0.25) is 4.79 Å². The molecule has 0 unspecified atom stereocenters. The van der Waals surface area contributed by atoms with Gasteiger partial charge in [0.05, 0.1) is 0 Å². The van der Waals surface area contributed by atoms with Gasteiger partial charge in [-0.1, -0.05) is 18.2 Å². The molecule has 0 spiro atoms. The molecule has 1 aliphatic heterocycles. The van der Waals surface area contributed by atoms with Crippen molar-refractivity contribution in [2.75, 3.05) is 13.1 Å². The van der Waals surface area contributed by atoms with Gasteiger partial charge in [0.2, 0.25) is 0 Å². The van der Waals surface area contributed by atoms with Crippen LogP contribution in [0.25, 0.3) is 11.4 Å². The first kappa shape index (κ1) is 17.3. The fraction of sp³-hybridized carbons (Fsp3) is 0.227. The van der Waals surface area contributed by atoms with Crippen LogP contribution in [-0.2, 0) is 0 Å². The van der Waals surface area contributed by atoms with E-state index in [9.17, 15) is 9.18 Å². The molecule has 1 saturated heterocycles. The number of hydrogen-bond donors (Lipinski definition) is 0. The molecule has 0 N–H and O–H groups in total. The van der Waals surface area contributed by atoms with Crippen LogP contribution in [0.2, 0.25) is 0 Å². The molecule has 1 fully saturated rings. The molecule has 2 heterocycles. The van der Waals surface area contributed by atoms with Gasteiger partial charge in [-0.25, -0.2) is 14.4 Å². The van der Waals surface area contributed by atoms with E-state index in [-0.39, 0.29) is 17.6 Å². The number of amides is 1. The second kappa shape index (κ2) is 7.66. The summed E-state index contributed by atoms with van der Waals surface area (Å²) < 4.78 is 13.2. The monoisotopic (exact) mass is 361 g/mol.